The summed E-state index contributed by atoms with van der Waals surface area (Å²) in [4.78, 5) is 27.2. The van der Waals surface area contributed by atoms with Gasteiger partial charge in [0.1, 0.15) is 11.8 Å². The second kappa shape index (κ2) is 8.18. The molecule has 8 nitrogen and oxygen atoms in total. The molecule has 0 aliphatic rings. The van der Waals surface area contributed by atoms with Gasteiger partial charge in [0.2, 0.25) is 5.91 Å². The number of hydrogen-bond acceptors (Lipinski definition) is 5. The molecule has 2 rings (SSSR count). The van der Waals surface area contributed by atoms with Crippen LogP contribution in [0.1, 0.15) is 20.3 Å². The molecule has 0 aliphatic heterocycles. The Morgan fingerprint density at radius 1 is 1.36 bits per heavy atom. The summed E-state index contributed by atoms with van der Waals surface area (Å²) in [5.41, 5.74) is 1.19. The molecular weight excluding hydrogens is 326 g/mol. The number of nitrogens with zero attached hydrogens (tertiary/aromatic N) is 1. The summed E-state index contributed by atoms with van der Waals surface area (Å²) in [6, 6.07) is 4.23. The summed E-state index contributed by atoms with van der Waals surface area (Å²) in [6.45, 7) is 3.83. The van der Waals surface area contributed by atoms with E-state index in [-0.39, 0.29) is 5.92 Å². The number of anilines is 1. The maximum atomic E-state index is 12.4. The zero-order valence-electron chi connectivity index (χ0n) is 14.3. The summed E-state index contributed by atoms with van der Waals surface area (Å²) in [6.07, 6.45) is 2.04. The second-order valence-corrected chi connectivity index (χ2v) is 5.90. The average Bonchev–Trinajstić information content (AvgIpc) is 3.07. The van der Waals surface area contributed by atoms with Gasteiger partial charge in [-0.25, -0.2) is 9.78 Å². The van der Waals surface area contributed by atoms with Crippen LogP contribution in [0.15, 0.2) is 35.2 Å². The Hall–Kier alpha value is -3.03. The molecule has 0 fully saturated rings. The Bertz CT molecular complexity index is 728. The van der Waals surface area contributed by atoms with Crippen LogP contribution in [-0.2, 0) is 4.79 Å². The molecule has 134 valence electrons. The number of carbonyl (C=O) groups excluding carboxylic acids is 1. The van der Waals surface area contributed by atoms with Gasteiger partial charge >= 0.3 is 6.09 Å². The lowest BCUT2D eigenvalue weighted by atomic mass is 10.0. The van der Waals surface area contributed by atoms with E-state index >= 15 is 0 Å². The number of methoxy groups -OCH3 is 1. The molecule has 1 aromatic heterocycles. The largest absolute Gasteiger partial charge is 0.496 e. The van der Waals surface area contributed by atoms with Gasteiger partial charge in [0.25, 0.3) is 0 Å². The maximum Gasteiger partial charge on any atom is 0.405 e. The molecule has 1 heterocycles. The van der Waals surface area contributed by atoms with Gasteiger partial charge in [-0.1, -0.05) is 13.8 Å². The van der Waals surface area contributed by atoms with Gasteiger partial charge in [-0.2, -0.15) is 0 Å². The third-order valence-electron chi connectivity index (χ3n) is 3.49. The van der Waals surface area contributed by atoms with E-state index in [1.165, 1.54) is 13.5 Å². The molecule has 8 heteroatoms. The van der Waals surface area contributed by atoms with Gasteiger partial charge in [0.15, 0.2) is 12.2 Å². The highest BCUT2D eigenvalue weighted by atomic mass is 16.5. The van der Waals surface area contributed by atoms with Crippen molar-refractivity contribution in [2.75, 3.05) is 12.4 Å². The standard InChI is InChI=1S/C17H21N3O5/c1-10(2)6-13(20-17(22)23)16(21)19-11-4-5-12(14(7-11)24-3)15-8-18-9-25-15/h4-5,7-10,13,20H,6H2,1-3H3,(H,19,21)(H,22,23). The Balaban J connectivity index is 2.18. The fourth-order valence-corrected chi connectivity index (χ4v) is 2.40. The van der Waals surface area contributed by atoms with Crippen molar-refractivity contribution in [2.45, 2.75) is 26.3 Å². The number of amides is 2. The summed E-state index contributed by atoms with van der Waals surface area (Å²) < 4.78 is 10.6. The molecule has 0 spiro atoms. The van der Waals surface area contributed by atoms with E-state index in [4.69, 9.17) is 14.3 Å². The average molecular weight is 347 g/mol. The lowest BCUT2D eigenvalue weighted by molar-refractivity contribution is -0.118. The number of benzene rings is 1. The van der Waals surface area contributed by atoms with E-state index in [0.29, 0.717) is 29.2 Å². The summed E-state index contributed by atoms with van der Waals surface area (Å²) in [7, 11) is 1.51. The van der Waals surface area contributed by atoms with E-state index in [2.05, 4.69) is 15.6 Å². The van der Waals surface area contributed by atoms with Crippen LogP contribution < -0.4 is 15.4 Å². The minimum Gasteiger partial charge on any atom is -0.496 e. The third-order valence-corrected chi connectivity index (χ3v) is 3.49. The lowest BCUT2D eigenvalue weighted by Gasteiger charge is -2.19. The van der Waals surface area contributed by atoms with E-state index in [1.807, 2.05) is 13.8 Å². The molecule has 1 aromatic carbocycles. The van der Waals surface area contributed by atoms with Crippen molar-refractivity contribution in [1.82, 2.24) is 10.3 Å². The molecular formula is C17H21N3O5. The highest BCUT2D eigenvalue weighted by molar-refractivity contribution is 5.96. The Morgan fingerprint density at radius 2 is 2.12 bits per heavy atom. The fourth-order valence-electron chi connectivity index (χ4n) is 2.40. The first-order chi connectivity index (χ1) is 11.9. The lowest BCUT2D eigenvalue weighted by Crippen LogP contribution is -2.44. The molecule has 1 atom stereocenters. The molecule has 2 aromatic rings. The number of nitrogens with one attached hydrogen (secondary N) is 2. The zero-order chi connectivity index (χ0) is 18.4. The van der Waals surface area contributed by atoms with Gasteiger partial charge in [0, 0.05) is 11.8 Å². The van der Waals surface area contributed by atoms with Gasteiger partial charge in [-0.3, -0.25) is 4.79 Å². The van der Waals surface area contributed by atoms with E-state index < -0.39 is 18.0 Å². The highest BCUT2D eigenvalue weighted by Gasteiger charge is 2.22. The molecule has 0 saturated heterocycles. The van der Waals surface area contributed by atoms with Crippen LogP contribution in [0.4, 0.5) is 10.5 Å². The number of hydrogen-bond donors (Lipinski definition) is 3. The Labute approximate surface area is 145 Å². The summed E-state index contributed by atoms with van der Waals surface area (Å²) >= 11 is 0. The summed E-state index contributed by atoms with van der Waals surface area (Å²) in [5.74, 6) is 0.776. The van der Waals surface area contributed by atoms with Crippen molar-refractivity contribution in [1.29, 1.82) is 0 Å². The molecule has 25 heavy (non-hydrogen) atoms. The molecule has 1 unspecified atom stereocenters. The van der Waals surface area contributed by atoms with Crippen molar-refractivity contribution in [3.63, 3.8) is 0 Å². The van der Waals surface area contributed by atoms with Crippen molar-refractivity contribution in [2.24, 2.45) is 5.92 Å². The molecule has 2 amide bonds. The molecule has 0 saturated carbocycles. The zero-order valence-corrected chi connectivity index (χ0v) is 14.3. The SMILES string of the molecule is COc1cc(NC(=O)C(CC(C)C)NC(=O)O)ccc1-c1cnco1. The first-order valence-corrected chi connectivity index (χ1v) is 7.78. The number of rotatable bonds is 7. The van der Waals surface area contributed by atoms with E-state index in [9.17, 15) is 9.59 Å². The number of carbonyl (C=O) groups is 2. The van der Waals surface area contributed by atoms with Crippen molar-refractivity contribution in [3.05, 3.63) is 30.8 Å². The van der Waals surface area contributed by atoms with Crippen LogP contribution in [0.2, 0.25) is 0 Å². The smallest absolute Gasteiger partial charge is 0.405 e. The van der Waals surface area contributed by atoms with Crippen molar-refractivity contribution >= 4 is 17.7 Å². The Kier molecular flexibility index (Phi) is 5.99. The van der Waals surface area contributed by atoms with Gasteiger partial charge < -0.3 is 24.9 Å². The molecule has 0 aliphatic carbocycles. The molecule has 0 radical (unpaired) electrons. The first kappa shape index (κ1) is 18.3. The Morgan fingerprint density at radius 3 is 2.68 bits per heavy atom. The number of carboxylic acid groups (broad SMARTS) is 1. The fraction of sp³-hybridized carbons (Fsp3) is 0.353. The van der Waals surface area contributed by atoms with Crippen LogP contribution in [0.25, 0.3) is 11.3 Å². The van der Waals surface area contributed by atoms with Crippen LogP contribution in [0, 0.1) is 5.92 Å². The van der Waals surface area contributed by atoms with E-state index in [0.717, 1.165) is 0 Å². The summed E-state index contributed by atoms with van der Waals surface area (Å²) in [5, 5.41) is 13.9. The number of ether oxygens (including phenoxy) is 1. The van der Waals surface area contributed by atoms with Gasteiger partial charge in [-0.05, 0) is 24.5 Å². The minimum atomic E-state index is -1.24. The third kappa shape index (κ3) is 4.97. The van der Waals surface area contributed by atoms with Gasteiger partial charge in [0.05, 0.1) is 18.9 Å². The van der Waals surface area contributed by atoms with Crippen LogP contribution in [0.5, 0.6) is 5.75 Å². The first-order valence-electron chi connectivity index (χ1n) is 7.78. The monoisotopic (exact) mass is 347 g/mol. The quantitative estimate of drug-likeness (QED) is 0.709. The van der Waals surface area contributed by atoms with E-state index in [1.54, 1.807) is 24.4 Å². The van der Waals surface area contributed by atoms with Crippen LogP contribution in [0.3, 0.4) is 0 Å². The minimum absolute atomic E-state index is 0.158. The van der Waals surface area contributed by atoms with Gasteiger partial charge in [-0.15, -0.1) is 0 Å². The molecule has 3 N–H and O–H groups in total. The predicted octanol–water partition coefficient (Wildman–Crippen LogP) is 2.97. The van der Waals surface area contributed by atoms with Crippen LogP contribution >= 0.6 is 0 Å². The molecule has 0 bridgehead atoms. The predicted molar refractivity (Wildman–Crippen MR) is 91.5 cm³/mol. The van der Waals surface area contributed by atoms with Crippen molar-refractivity contribution in [3.8, 4) is 17.1 Å². The van der Waals surface area contributed by atoms with Crippen LogP contribution in [-0.4, -0.2) is 35.2 Å². The number of oxazole rings is 1. The maximum absolute atomic E-state index is 12.4. The van der Waals surface area contributed by atoms with Crippen molar-refractivity contribution < 1.29 is 23.8 Å². The highest BCUT2D eigenvalue weighted by Crippen LogP contribution is 2.32. The topological polar surface area (TPSA) is 114 Å². The normalized spacial score (nSPS) is 11.8. The number of aromatic nitrogens is 1. The second-order valence-electron chi connectivity index (χ2n) is 5.90.